The number of amides is 1. The molecule has 0 radical (unpaired) electrons. The van der Waals surface area contributed by atoms with Crippen LogP contribution in [0.3, 0.4) is 0 Å². The van der Waals surface area contributed by atoms with Crippen molar-refractivity contribution < 1.29 is 9.53 Å². The largest absolute Gasteiger partial charge is 0.368 e. The second-order valence-electron chi connectivity index (χ2n) is 5.13. The van der Waals surface area contributed by atoms with E-state index in [9.17, 15) is 4.79 Å². The summed E-state index contributed by atoms with van der Waals surface area (Å²) in [6.07, 6.45) is 4.74. The van der Waals surface area contributed by atoms with Crippen molar-refractivity contribution in [3.05, 3.63) is 48.0 Å². The predicted octanol–water partition coefficient (Wildman–Crippen LogP) is 1.12. The van der Waals surface area contributed by atoms with Crippen molar-refractivity contribution in [1.29, 1.82) is 0 Å². The number of nitrogens with one attached hydrogen (secondary N) is 1. The Hall–Kier alpha value is -2.21. The average Bonchev–Trinajstić information content (AvgIpc) is 3.19. The lowest BCUT2D eigenvalue weighted by molar-refractivity contribution is -0.130. The first-order valence-electron chi connectivity index (χ1n) is 7.11. The number of hydrogen-bond donors (Lipinski definition) is 1. The van der Waals surface area contributed by atoms with Crippen LogP contribution in [0.5, 0.6) is 0 Å². The predicted molar refractivity (Wildman–Crippen MR) is 76.4 cm³/mol. The Morgan fingerprint density at radius 1 is 1.33 bits per heavy atom. The van der Waals surface area contributed by atoms with Crippen molar-refractivity contribution >= 4 is 5.91 Å². The highest BCUT2D eigenvalue weighted by atomic mass is 16.5. The van der Waals surface area contributed by atoms with Crippen LogP contribution >= 0.6 is 0 Å². The van der Waals surface area contributed by atoms with Crippen molar-refractivity contribution in [3.8, 4) is 0 Å². The summed E-state index contributed by atoms with van der Waals surface area (Å²) < 4.78 is 7.13. The third-order valence-electron chi connectivity index (χ3n) is 3.52. The van der Waals surface area contributed by atoms with Crippen LogP contribution in [0, 0.1) is 0 Å². The lowest BCUT2D eigenvalue weighted by Crippen LogP contribution is -2.33. The molecule has 1 aromatic heterocycles. The minimum Gasteiger partial charge on any atom is -0.368 e. The van der Waals surface area contributed by atoms with Crippen LogP contribution in [0.15, 0.2) is 36.9 Å². The summed E-state index contributed by atoms with van der Waals surface area (Å²) in [5.41, 5.74) is 2.22. The molecule has 0 unspecified atom stereocenters. The van der Waals surface area contributed by atoms with E-state index >= 15 is 0 Å². The molecule has 2 aromatic rings. The molecule has 1 fully saturated rings. The van der Waals surface area contributed by atoms with E-state index in [1.807, 2.05) is 24.3 Å². The molecule has 3 rings (SSSR count). The molecular formula is C15H18N4O2. The molecule has 0 aliphatic carbocycles. The van der Waals surface area contributed by atoms with E-state index in [2.05, 4.69) is 15.4 Å². The number of hydrogen-bond acceptors (Lipinski definition) is 4. The second kappa shape index (κ2) is 6.49. The van der Waals surface area contributed by atoms with Crippen molar-refractivity contribution in [1.82, 2.24) is 20.1 Å². The first kappa shape index (κ1) is 13.8. The molecule has 6 heteroatoms. The van der Waals surface area contributed by atoms with Gasteiger partial charge in [-0.05, 0) is 24.0 Å². The summed E-state index contributed by atoms with van der Waals surface area (Å²) in [7, 11) is 0. The molecule has 1 N–H and O–H groups in total. The summed E-state index contributed by atoms with van der Waals surface area (Å²) in [5, 5.41) is 6.99. The van der Waals surface area contributed by atoms with Gasteiger partial charge in [-0.25, -0.2) is 9.67 Å². The fourth-order valence-corrected chi connectivity index (χ4v) is 2.35. The smallest absolute Gasteiger partial charge is 0.249 e. The average molecular weight is 286 g/mol. The third kappa shape index (κ3) is 3.66. The van der Waals surface area contributed by atoms with Crippen LogP contribution in [0.1, 0.15) is 24.0 Å². The lowest BCUT2D eigenvalue weighted by Gasteiger charge is -2.10. The lowest BCUT2D eigenvalue weighted by atomic mass is 10.1. The monoisotopic (exact) mass is 286 g/mol. The van der Waals surface area contributed by atoms with E-state index < -0.39 is 0 Å². The van der Waals surface area contributed by atoms with E-state index in [1.54, 1.807) is 11.0 Å². The van der Waals surface area contributed by atoms with Gasteiger partial charge in [-0.15, -0.1) is 0 Å². The van der Waals surface area contributed by atoms with Crippen LogP contribution < -0.4 is 5.32 Å². The van der Waals surface area contributed by atoms with Crippen LogP contribution in [0.4, 0.5) is 0 Å². The summed E-state index contributed by atoms with van der Waals surface area (Å²) in [5.74, 6) is -0.0146. The first-order valence-corrected chi connectivity index (χ1v) is 7.11. The number of benzene rings is 1. The van der Waals surface area contributed by atoms with Crippen molar-refractivity contribution in [2.75, 3.05) is 6.61 Å². The second-order valence-corrected chi connectivity index (χ2v) is 5.13. The van der Waals surface area contributed by atoms with Gasteiger partial charge in [0.1, 0.15) is 18.8 Å². The Labute approximate surface area is 123 Å². The molecule has 1 amide bonds. The van der Waals surface area contributed by atoms with Crippen molar-refractivity contribution in [3.63, 3.8) is 0 Å². The molecule has 1 aromatic carbocycles. The Morgan fingerprint density at radius 3 is 2.81 bits per heavy atom. The fourth-order valence-electron chi connectivity index (χ4n) is 2.35. The molecule has 1 saturated heterocycles. The van der Waals surface area contributed by atoms with E-state index in [0.717, 1.165) is 24.0 Å². The maximum absolute atomic E-state index is 11.8. The Kier molecular flexibility index (Phi) is 4.25. The Morgan fingerprint density at radius 2 is 2.14 bits per heavy atom. The summed E-state index contributed by atoms with van der Waals surface area (Å²) in [6, 6.07) is 8.11. The van der Waals surface area contributed by atoms with Gasteiger partial charge in [-0.3, -0.25) is 4.79 Å². The minimum absolute atomic E-state index is 0.0146. The van der Waals surface area contributed by atoms with Crippen LogP contribution in [-0.4, -0.2) is 33.4 Å². The topological polar surface area (TPSA) is 69.0 Å². The Bertz CT molecular complexity index is 574. The van der Waals surface area contributed by atoms with E-state index in [1.165, 1.54) is 6.33 Å². The van der Waals surface area contributed by atoms with Gasteiger partial charge in [-0.1, -0.05) is 24.3 Å². The van der Waals surface area contributed by atoms with Gasteiger partial charge in [0.15, 0.2) is 0 Å². The van der Waals surface area contributed by atoms with Crippen molar-refractivity contribution in [2.45, 2.75) is 32.0 Å². The number of carbonyl (C=O) groups is 1. The SMILES string of the molecule is O=C(NCc1ccc(Cn2cncn2)cc1)[C@H]1CCCO1. The molecular weight excluding hydrogens is 268 g/mol. The van der Waals surface area contributed by atoms with Crippen LogP contribution in [-0.2, 0) is 22.6 Å². The zero-order valence-electron chi connectivity index (χ0n) is 11.7. The highest BCUT2D eigenvalue weighted by Gasteiger charge is 2.22. The molecule has 21 heavy (non-hydrogen) atoms. The van der Waals surface area contributed by atoms with Gasteiger partial charge < -0.3 is 10.1 Å². The molecule has 2 heterocycles. The number of rotatable bonds is 5. The maximum Gasteiger partial charge on any atom is 0.249 e. The zero-order valence-corrected chi connectivity index (χ0v) is 11.7. The minimum atomic E-state index is -0.267. The van der Waals surface area contributed by atoms with E-state index in [4.69, 9.17) is 4.74 Å². The number of carbonyl (C=O) groups excluding carboxylic acids is 1. The molecule has 1 atom stereocenters. The van der Waals surface area contributed by atoms with E-state index in [0.29, 0.717) is 19.7 Å². The van der Waals surface area contributed by atoms with Gasteiger partial charge >= 0.3 is 0 Å². The fraction of sp³-hybridized carbons (Fsp3) is 0.400. The molecule has 6 nitrogen and oxygen atoms in total. The van der Waals surface area contributed by atoms with Gasteiger partial charge in [0.2, 0.25) is 5.91 Å². The Balaban J connectivity index is 1.51. The summed E-state index contributed by atoms with van der Waals surface area (Å²) in [6.45, 7) is 1.92. The molecule has 1 aliphatic heterocycles. The summed E-state index contributed by atoms with van der Waals surface area (Å²) in [4.78, 5) is 15.8. The number of nitrogens with zero attached hydrogens (tertiary/aromatic N) is 3. The third-order valence-corrected chi connectivity index (χ3v) is 3.52. The van der Waals surface area contributed by atoms with Gasteiger partial charge in [0.05, 0.1) is 6.54 Å². The van der Waals surface area contributed by atoms with Crippen LogP contribution in [0.25, 0.3) is 0 Å². The molecule has 110 valence electrons. The zero-order chi connectivity index (χ0) is 14.5. The highest BCUT2D eigenvalue weighted by Crippen LogP contribution is 2.12. The maximum atomic E-state index is 11.8. The quantitative estimate of drug-likeness (QED) is 0.894. The van der Waals surface area contributed by atoms with Crippen LogP contribution in [0.2, 0.25) is 0 Å². The highest BCUT2D eigenvalue weighted by molar-refractivity contribution is 5.80. The summed E-state index contributed by atoms with van der Waals surface area (Å²) >= 11 is 0. The molecule has 1 aliphatic rings. The molecule has 0 spiro atoms. The van der Waals surface area contributed by atoms with Gasteiger partial charge in [-0.2, -0.15) is 5.10 Å². The number of ether oxygens (including phenoxy) is 1. The van der Waals surface area contributed by atoms with Gasteiger partial charge in [0, 0.05) is 13.2 Å². The number of aromatic nitrogens is 3. The standard InChI is InChI=1S/C15H18N4O2/c20-15(14-2-1-7-21-14)17-8-12-3-5-13(6-4-12)9-19-11-16-10-18-19/h3-6,10-11,14H,1-2,7-9H2,(H,17,20)/t14-/m1/s1. The van der Waals surface area contributed by atoms with Crippen molar-refractivity contribution in [2.24, 2.45) is 0 Å². The van der Waals surface area contributed by atoms with E-state index in [-0.39, 0.29) is 12.0 Å². The first-order chi connectivity index (χ1) is 10.3. The molecule has 0 saturated carbocycles. The van der Waals surface area contributed by atoms with Gasteiger partial charge in [0.25, 0.3) is 0 Å². The normalized spacial score (nSPS) is 17.8. The molecule has 0 bridgehead atoms.